The minimum absolute atomic E-state index is 0.0499. The van der Waals surface area contributed by atoms with Gasteiger partial charge in [0.25, 0.3) is 10.0 Å². The fourth-order valence-corrected chi connectivity index (χ4v) is 3.88. The van der Waals surface area contributed by atoms with Gasteiger partial charge in [0.2, 0.25) is 0 Å². The first-order chi connectivity index (χ1) is 13.6. The highest BCUT2D eigenvalue weighted by Crippen LogP contribution is 2.24. The van der Waals surface area contributed by atoms with Crippen LogP contribution in [0.3, 0.4) is 0 Å². The van der Waals surface area contributed by atoms with Gasteiger partial charge in [0.05, 0.1) is 10.5 Å². The number of carboxylic acids is 2. The van der Waals surface area contributed by atoms with Gasteiger partial charge in [-0.05, 0) is 61.0 Å². The van der Waals surface area contributed by atoms with Crippen molar-refractivity contribution in [1.82, 2.24) is 4.57 Å². The quantitative estimate of drug-likeness (QED) is 0.565. The van der Waals surface area contributed by atoms with Gasteiger partial charge >= 0.3 is 11.9 Å². The molecule has 3 N–H and O–H groups in total. The van der Waals surface area contributed by atoms with Gasteiger partial charge in [-0.25, -0.2) is 22.4 Å². The van der Waals surface area contributed by atoms with Crippen molar-refractivity contribution in [3.63, 3.8) is 0 Å². The van der Waals surface area contributed by atoms with E-state index in [1.165, 1.54) is 22.8 Å². The van der Waals surface area contributed by atoms with Crippen LogP contribution in [0.1, 0.15) is 26.4 Å². The van der Waals surface area contributed by atoms with Gasteiger partial charge in [0.15, 0.2) is 0 Å². The van der Waals surface area contributed by atoms with Gasteiger partial charge < -0.3 is 14.8 Å². The topological polar surface area (TPSA) is 126 Å². The number of anilines is 1. The van der Waals surface area contributed by atoms with Crippen molar-refractivity contribution in [2.45, 2.75) is 11.8 Å². The fourth-order valence-electron chi connectivity index (χ4n) is 2.80. The van der Waals surface area contributed by atoms with Crippen LogP contribution in [0.2, 0.25) is 0 Å². The lowest BCUT2D eigenvalue weighted by Gasteiger charge is -2.13. The van der Waals surface area contributed by atoms with E-state index in [1.54, 1.807) is 25.3 Å². The Morgan fingerprint density at radius 2 is 1.76 bits per heavy atom. The van der Waals surface area contributed by atoms with Crippen LogP contribution in [0.5, 0.6) is 0 Å². The molecular formula is C19H15FN2O6S. The van der Waals surface area contributed by atoms with Crippen LogP contribution in [0.15, 0.2) is 59.6 Å². The third-order valence-electron chi connectivity index (χ3n) is 4.15. The van der Waals surface area contributed by atoms with E-state index < -0.39 is 38.2 Å². The van der Waals surface area contributed by atoms with Gasteiger partial charge in [-0.15, -0.1) is 0 Å². The minimum atomic E-state index is -4.17. The predicted molar refractivity (Wildman–Crippen MR) is 102 cm³/mol. The van der Waals surface area contributed by atoms with Crippen LogP contribution in [0, 0.1) is 12.7 Å². The third-order valence-corrected chi connectivity index (χ3v) is 5.53. The summed E-state index contributed by atoms with van der Waals surface area (Å²) in [7, 11) is -4.17. The van der Waals surface area contributed by atoms with E-state index in [2.05, 4.69) is 4.72 Å². The summed E-state index contributed by atoms with van der Waals surface area (Å²) in [5.74, 6) is -3.73. The van der Waals surface area contributed by atoms with E-state index in [9.17, 15) is 27.5 Å². The van der Waals surface area contributed by atoms with Crippen molar-refractivity contribution in [1.29, 1.82) is 0 Å². The predicted octanol–water partition coefficient (Wildman–Crippen LogP) is 3.12. The normalized spacial score (nSPS) is 11.2. The number of hydrogen-bond acceptors (Lipinski definition) is 4. The van der Waals surface area contributed by atoms with Crippen LogP contribution < -0.4 is 4.72 Å². The zero-order valence-electron chi connectivity index (χ0n) is 15.0. The van der Waals surface area contributed by atoms with Gasteiger partial charge in [-0.3, -0.25) is 4.72 Å². The molecule has 0 saturated heterocycles. The summed E-state index contributed by atoms with van der Waals surface area (Å²) in [5.41, 5.74) is 0.609. The number of halogens is 1. The molecule has 29 heavy (non-hydrogen) atoms. The smallest absolute Gasteiger partial charge is 0.352 e. The zero-order chi connectivity index (χ0) is 21.3. The highest BCUT2D eigenvalue weighted by molar-refractivity contribution is 7.92. The minimum Gasteiger partial charge on any atom is -0.478 e. The van der Waals surface area contributed by atoms with E-state index in [4.69, 9.17) is 5.11 Å². The molecule has 0 aliphatic heterocycles. The number of aryl methyl sites for hydroxylation is 1. The molecule has 0 atom stereocenters. The maximum Gasteiger partial charge on any atom is 0.352 e. The standard InChI is InChI=1S/C19H15FN2O6S/c1-11-9-12(4-7-16(11)22-8-2-3-17(22)19(25)26)21-29(27,28)13-5-6-15(20)14(10-13)18(23)24/h2-10,21H,1H3,(H,23,24)(H,25,26). The molecule has 0 unspecified atom stereocenters. The molecule has 0 fully saturated rings. The first-order valence-electron chi connectivity index (χ1n) is 8.17. The Kier molecular flexibility index (Phi) is 5.12. The molecule has 0 amide bonds. The van der Waals surface area contributed by atoms with Crippen molar-refractivity contribution in [3.05, 3.63) is 77.4 Å². The van der Waals surface area contributed by atoms with Crippen LogP contribution in [0.25, 0.3) is 5.69 Å². The van der Waals surface area contributed by atoms with Crippen LogP contribution in [0.4, 0.5) is 10.1 Å². The number of aromatic carboxylic acids is 2. The van der Waals surface area contributed by atoms with Crippen LogP contribution >= 0.6 is 0 Å². The molecule has 0 spiro atoms. The molecule has 1 heterocycles. The van der Waals surface area contributed by atoms with Gasteiger partial charge in [0.1, 0.15) is 11.5 Å². The lowest BCUT2D eigenvalue weighted by molar-refractivity contribution is 0.0679. The molecule has 0 radical (unpaired) electrons. The summed E-state index contributed by atoms with van der Waals surface area (Å²) in [4.78, 5) is 21.9. The first kappa shape index (κ1) is 20.1. The van der Waals surface area contributed by atoms with E-state index in [0.717, 1.165) is 18.2 Å². The molecule has 150 valence electrons. The molecule has 8 nitrogen and oxygen atoms in total. The highest BCUT2D eigenvalue weighted by atomic mass is 32.2. The second-order valence-electron chi connectivity index (χ2n) is 6.12. The summed E-state index contributed by atoms with van der Waals surface area (Å²) in [6.45, 7) is 1.68. The van der Waals surface area contributed by atoms with Gasteiger partial charge in [0, 0.05) is 17.6 Å². The summed E-state index contributed by atoms with van der Waals surface area (Å²) in [5, 5.41) is 18.2. The van der Waals surface area contributed by atoms with Crippen molar-refractivity contribution in [3.8, 4) is 5.69 Å². The first-order valence-corrected chi connectivity index (χ1v) is 9.66. The monoisotopic (exact) mass is 418 g/mol. The lowest BCUT2D eigenvalue weighted by atomic mass is 10.1. The van der Waals surface area contributed by atoms with Gasteiger partial charge in [-0.1, -0.05) is 0 Å². The SMILES string of the molecule is Cc1cc(NS(=O)(=O)c2ccc(F)c(C(=O)O)c2)ccc1-n1cccc1C(=O)O. The Morgan fingerprint density at radius 3 is 2.38 bits per heavy atom. The molecule has 0 aliphatic rings. The summed E-state index contributed by atoms with van der Waals surface area (Å²) in [6, 6.07) is 9.97. The van der Waals surface area contributed by atoms with Crippen molar-refractivity contribution in [2.24, 2.45) is 0 Å². The maximum atomic E-state index is 13.5. The summed E-state index contributed by atoms with van der Waals surface area (Å²) < 4.78 is 42.4. The number of benzene rings is 2. The van der Waals surface area contributed by atoms with E-state index in [-0.39, 0.29) is 11.4 Å². The third kappa shape index (κ3) is 3.97. The summed E-state index contributed by atoms with van der Waals surface area (Å²) >= 11 is 0. The van der Waals surface area contributed by atoms with Crippen LogP contribution in [-0.2, 0) is 10.0 Å². The Hall–Kier alpha value is -3.66. The van der Waals surface area contributed by atoms with E-state index in [1.807, 2.05) is 0 Å². The second-order valence-corrected chi connectivity index (χ2v) is 7.80. The second kappa shape index (κ2) is 7.40. The van der Waals surface area contributed by atoms with Crippen molar-refractivity contribution in [2.75, 3.05) is 4.72 Å². The van der Waals surface area contributed by atoms with E-state index >= 15 is 0 Å². The molecule has 0 aliphatic carbocycles. The number of nitrogens with one attached hydrogen (secondary N) is 1. The molecular weight excluding hydrogens is 403 g/mol. The molecule has 1 aromatic heterocycles. The number of nitrogens with zero attached hydrogens (tertiary/aromatic N) is 1. The lowest BCUT2D eigenvalue weighted by Crippen LogP contribution is -2.15. The average Bonchev–Trinajstić information content (AvgIpc) is 3.11. The molecule has 10 heteroatoms. The number of rotatable bonds is 6. The molecule has 3 aromatic rings. The highest BCUT2D eigenvalue weighted by Gasteiger charge is 2.20. The number of carboxylic acid groups (broad SMARTS) is 2. The summed E-state index contributed by atoms with van der Waals surface area (Å²) in [6.07, 6.45) is 1.57. The number of aromatic nitrogens is 1. The molecule has 3 rings (SSSR count). The Labute approximate surface area is 164 Å². The zero-order valence-corrected chi connectivity index (χ0v) is 15.8. The number of carbonyl (C=O) groups is 2. The molecule has 2 aromatic carbocycles. The maximum absolute atomic E-state index is 13.5. The van der Waals surface area contributed by atoms with Gasteiger partial charge in [-0.2, -0.15) is 0 Å². The fraction of sp³-hybridized carbons (Fsp3) is 0.0526. The Morgan fingerprint density at radius 1 is 1.03 bits per heavy atom. The Balaban J connectivity index is 1.94. The number of hydrogen-bond donors (Lipinski definition) is 3. The van der Waals surface area contributed by atoms with Crippen molar-refractivity contribution >= 4 is 27.6 Å². The molecule has 0 bridgehead atoms. The Bertz CT molecular complexity index is 1230. The van der Waals surface area contributed by atoms with Crippen molar-refractivity contribution < 1.29 is 32.6 Å². The van der Waals surface area contributed by atoms with E-state index in [0.29, 0.717) is 11.3 Å². The average molecular weight is 418 g/mol. The van der Waals surface area contributed by atoms with Crippen LogP contribution in [-0.4, -0.2) is 35.1 Å². The largest absolute Gasteiger partial charge is 0.478 e. The molecule has 0 saturated carbocycles. The number of sulfonamides is 1.